The molecule has 1 aromatic heterocycles. The number of H-pyrrole nitrogens is 2. The van der Waals surface area contributed by atoms with Gasteiger partial charge in [-0.1, -0.05) is 6.07 Å². The predicted octanol–water partition coefficient (Wildman–Crippen LogP) is 1.43. The smallest absolute Gasteiger partial charge is 0.323 e. The Balaban J connectivity index is 1.80. The number of carbonyl (C=O) groups is 2. The summed E-state index contributed by atoms with van der Waals surface area (Å²) in [5.41, 5.74) is 10.3. The first kappa shape index (κ1) is 17.0. The summed E-state index contributed by atoms with van der Waals surface area (Å²) in [7, 11) is 0. The summed E-state index contributed by atoms with van der Waals surface area (Å²) in [5.74, 6) is -1.17. The van der Waals surface area contributed by atoms with E-state index in [9.17, 15) is 14.4 Å². The van der Waals surface area contributed by atoms with Gasteiger partial charge in [0.15, 0.2) is 11.5 Å². The van der Waals surface area contributed by atoms with Crippen LogP contribution in [0.4, 0.5) is 17.1 Å². The summed E-state index contributed by atoms with van der Waals surface area (Å²) in [6.07, 6.45) is 0. The number of aromatic amines is 2. The molecule has 0 bridgehead atoms. The van der Waals surface area contributed by atoms with Gasteiger partial charge >= 0.3 is 5.69 Å². The second-order valence-corrected chi connectivity index (χ2v) is 5.55. The lowest BCUT2D eigenvalue weighted by Crippen LogP contribution is -2.29. The van der Waals surface area contributed by atoms with E-state index in [0.717, 1.165) is 0 Å². The van der Waals surface area contributed by atoms with Gasteiger partial charge in [0.05, 0.1) is 16.7 Å². The van der Waals surface area contributed by atoms with Gasteiger partial charge in [0.1, 0.15) is 0 Å². The van der Waals surface area contributed by atoms with Crippen LogP contribution in [0.5, 0.6) is 0 Å². The van der Waals surface area contributed by atoms with Crippen LogP contribution in [0.25, 0.3) is 11.0 Å². The van der Waals surface area contributed by atoms with Crippen LogP contribution in [0.2, 0.25) is 0 Å². The number of nitrogen functional groups attached to an aromatic ring is 1. The van der Waals surface area contributed by atoms with Crippen LogP contribution < -0.4 is 22.2 Å². The number of nitrogens with two attached hydrogens (primary N) is 1. The minimum Gasteiger partial charge on any atom is -0.399 e. The van der Waals surface area contributed by atoms with Gasteiger partial charge in [-0.15, -0.1) is 0 Å². The first-order valence-electron chi connectivity index (χ1n) is 7.66. The number of hydrazone groups is 1. The van der Waals surface area contributed by atoms with Crippen LogP contribution in [0.15, 0.2) is 52.4 Å². The van der Waals surface area contributed by atoms with Crippen LogP contribution >= 0.6 is 0 Å². The first-order valence-corrected chi connectivity index (χ1v) is 7.66. The Labute approximate surface area is 147 Å². The van der Waals surface area contributed by atoms with E-state index >= 15 is 0 Å². The number of nitrogens with one attached hydrogen (secondary N) is 4. The monoisotopic (exact) mass is 352 g/mol. The summed E-state index contributed by atoms with van der Waals surface area (Å²) < 4.78 is 0. The summed E-state index contributed by atoms with van der Waals surface area (Å²) in [6, 6.07) is 11.5. The molecular weight excluding hydrogens is 336 g/mol. The van der Waals surface area contributed by atoms with E-state index in [1.165, 1.54) is 6.92 Å². The van der Waals surface area contributed by atoms with Crippen molar-refractivity contribution in [3.63, 3.8) is 0 Å². The molecule has 0 aliphatic carbocycles. The zero-order chi connectivity index (χ0) is 18.7. The lowest BCUT2D eigenvalue weighted by molar-refractivity contribution is -0.114. The first-order chi connectivity index (χ1) is 12.4. The number of nitrogens with zero attached hydrogens (tertiary/aromatic N) is 1. The van der Waals surface area contributed by atoms with E-state index in [0.29, 0.717) is 28.1 Å². The zero-order valence-electron chi connectivity index (χ0n) is 13.8. The molecular formula is C17H16N6O3. The number of rotatable bonds is 5. The second-order valence-electron chi connectivity index (χ2n) is 5.55. The standard InChI is InChI=1S/C17H16N6O3/c1-9(24)15(16(25)19-11-4-2-3-10(18)7-11)23-22-12-5-6-13-14(8-12)21-17(26)20-13/h2-8,22H,18H2,1H3,(H,19,25)(H2,20,21,26)/b23-15-. The van der Waals surface area contributed by atoms with Crippen LogP contribution in [-0.2, 0) is 9.59 Å². The summed E-state index contributed by atoms with van der Waals surface area (Å²) in [5, 5.41) is 6.47. The summed E-state index contributed by atoms with van der Waals surface area (Å²) in [6.45, 7) is 1.24. The molecule has 0 saturated carbocycles. The molecule has 9 nitrogen and oxygen atoms in total. The molecule has 0 aliphatic heterocycles. The van der Waals surface area contributed by atoms with Crippen molar-refractivity contribution in [1.29, 1.82) is 0 Å². The van der Waals surface area contributed by atoms with Crippen LogP contribution in [0, 0.1) is 0 Å². The molecule has 3 rings (SSSR count). The van der Waals surface area contributed by atoms with Crippen molar-refractivity contribution >= 4 is 45.5 Å². The number of aromatic nitrogens is 2. The Morgan fingerprint density at radius 2 is 1.81 bits per heavy atom. The summed E-state index contributed by atoms with van der Waals surface area (Å²) >= 11 is 0. The lowest BCUT2D eigenvalue weighted by Gasteiger charge is -2.07. The Bertz CT molecular complexity index is 1080. The minimum atomic E-state index is -0.660. The van der Waals surface area contributed by atoms with Gasteiger partial charge in [-0.2, -0.15) is 5.10 Å². The van der Waals surface area contributed by atoms with Crippen molar-refractivity contribution in [1.82, 2.24) is 9.97 Å². The number of Topliss-reactive ketones (excluding diaryl/α,β-unsaturated/α-hetero) is 1. The molecule has 0 spiro atoms. The highest BCUT2D eigenvalue weighted by molar-refractivity contribution is 6.67. The SMILES string of the molecule is CC(=O)/C(=N/Nc1ccc2[nH]c(=O)[nH]c2c1)C(=O)Nc1cccc(N)c1. The highest BCUT2D eigenvalue weighted by Crippen LogP contribution is 2.15. The quantitative estimate of drug-likeness (QED) is 0.204. The summed E-state index contributed by atoms with van der Waals surface area (Å²) in [4.78, 5) is 40.6. The number of fused-ring (bicyclic) bond motifs is 1. The molecule has 0 saturated heterocycles. The van der Waals surface area contributed by atoms with Crippen LogP contribution in [0.3, 0.4) is 0 Å². The third kappa shape index (κ3) is 3.78. The molecule has 132 valence electrons. The van der Waals surface area contributed by atoms with Gasteiger partial charge in [-0.05, 0) is 36.4 Å². The fourth-order valence-corrected chi connectivity index (χ4v) is 2.32. The molecule has 6 N–H and O–H groups in total. The molecule has 2 aromatic carbocycles. The molecule has 0 fully saturated rings. The van der Waals surface area contributed by atoms with Gasteiger partial charge in [-0.3, -0.25) is 15.0 Å². The number of carbonyl (C=O) groups excluding carboxylic acids is 2. The fourth-order valence-electron chi connectivity index (χ4n) is 2.32. The molecule has 3 aromatic rings. The zero-order valence-corrected chi connectivity index (χ0v) is 13.8. The largest absolute Gasteiger partial charge is 0.399 e. The third-order valence-electron chi connectivity index (χ3n) is 3.51. The van der Waals surface area contributed by atoms with E-state index in [1.54, 1.807) is 42.5 Å². The highest BCUT2D eigenvalue weighted by atomic mass is 16.2. The van der Waals surface area contributed by atoms with Gasteiger partial charge in [0, 0.05) is 18.3 Å². The van der Waals surface area contributed by atoms with E-state index in [4.69, 9.17) is 5.73 Å². The second kappa shape index (κ2) is 6.93. The number of amides is 1. The van der Waals surface area contributed by atoms with Gasteiger partial charge < -0.3 is 21.0 Å². The Kier molecular flexibility index (Phi) is 4.52. The van der Waals surface area contributed by atoms with E-state index in [-0.39, 0.29) is 11.4 Å². The van der Waals surface area contributed by atoms with E-state index in [1.807, 2.05) is 0 Å². The highest BCUT2D eigenvalue weighted by Gasteiger charge is 2.17. The number of hydrogen-bond donors (Lipinski definition) is 5. The Hall–Kier alpha value is -3.88. The predicted molar refractivity (Wildman–Crippen MR) is 100 cm³/mol. The topological polar surface area (TPSA) is 145 Å². The van der Waals surface area contributed by atoms with Gasteiger partial charge in [0.25, 0.3) is 5.91 Å². The van der Waals surface area contributed by atoms with Crippen LogP contribution in [0.1, 0.15) is 6.92 Å². The van der Waals surface area contributed by atoms with Crippen molar-refractivity contribution in [3.8, 4) is 0 Å². The maximum absolute atomic E-state index is 12.3. The average Bonchev–Trinajstić information content (AvgIpc) is 2.94. The number of imidazole rings is 1. The van der Waals surface area contributed by atoms with Gasteiger partial charge in [0.2, 0.25) is 0 Å². The third-order valence-corrected chi connectivity index (χ3v) is 3.51. The number of ketones is 1. The number of hydrogen-bond acceptors (Lipinski definition) is 6. The molecule has 1 amide bonds. The molecule has 0 radical (unpaired) electrons. The number of anilines is 3. The Morgan fingerprint density at radius 1 is 1.04 bits per heavy atom. The lowest BCUT2D eigenvalue weighted by atomic mass is 10.2. The van der Waals surface area contributed by atoms with Gasteiger partial charge in [-0.25, -0.2) is 4.79 Å². The van der Waals surface area contributed by atoms with Crippen molar-refractivity contribution in [3.05, 3.63) is 52.9 Å². The molecule has 0 unspecified atom stereocenters. The van der Waals surface area contributed by atoms with Crippen molar-refractivity contribution in [2.45, 2.75) is 6.92 Å². The maximum atomic E-state index is 12.3. The van der Waals surface area contributed by atoms with E-state index < -0.39 is 11.7 Å². The average molecular weight is 352 g/mol. The molecule has 26 heavy (non-hydrogen) atoms. The molecule has 9 heteroatoms. The minimum absolute atomic E-state index is 0.296. The normalized spacial score (nSPS) is 11.3. The maximum Gasteiger partial charge on any atom is 0.323 e. The molecule has 0 atom stereocenters. The van der Waals surface area contributed by atoms with Crippen molar-refractivity contribution < 1.29 is 9.59 Å². The Morgan fingerprint density at radius 3 is 2.54 bits per heavy atom. The molecule has 0 aliphatic rings. The van der Waals surface area contributed by atoms with E-state index in [2.05, 4.69) is 25.8 Å². The number of benzene rings is 2. The molecule has 1 heterocycles. The van der Waals surface area contributed by atoms with Crippen LogP contribution in [-0.4, -0.2) is 27.4 Å². The van der Waals surface area contributed by atoms with Crippen molar-refractivity contribution in [2.75, 3.05) is 16.5 Å². The fraction of sp³-hybridized carbons (Fsp3) is 0.0588. The van der Waals surface area contributed by atoms with Crippen molar-refractivity contribution in [2.24, 2.45) is 5.10 Å².